The molecule has 0 aromatic carbocycles. The molecule has 0 saturated carbocycles. The largest absolute Gasteiger partial charge is 0.376 e. The summed E-state index contributed by atoms with van der Waals surface area (Å²) in [6, 6.07) is 0. The van der Waals surface area contributed by atoms with E-state index in [4.69, 9.17) is 4.74 Å². The van der Waals surface area contributed by atoms with Crippen LogP contribution in [0.5, 0.6) is 0 Å². The van der Waals surface area contributed by atoms with Gasteiger partial charge in [-0.05, 0) is 32.6 Å². The van der Waals surface area contributed by atoms with Crippen molar-refractivity contribution in [1.82, 2.24) is 19.4 Å². The minimum Gasteiger partial charge on any atom is -0.376 e. The molecule has 0 aliphatic carbocycles. The Hall–Kier alpha value is -1.45. The molecule has 2 atom stereocenters. The monoisotopic (exact) mass is 370 g/mol. The summed E-state index contributed by atoms with van der Waals surface area (Å²) in [4.78, 5) is 12.6. The Morgan fingerprint density at radius 2 is 2.20 bits per heavy atom. The number of carbonyl (C=O) groups is 1. The first-order valence-corrected chi connectivity index (χ1v) is 10.2. The molecule has 25 heavy (non-hydrogen) atoms. The number of sulfonamides is 1. The summed E-state index contributed by atoms with van der Waals surface area (Å²) >= 11 is 0. The number of ether oxygens (including phenoxy) is 1. The molecule has 2 fully saturated rings. The van der Waals surface area contributed by atoms with Gasteiger partial charge in [-0.3, -0.25) is 9.48 Å². The van der Waals surface area contributed by atoms with E-state index in [1.807, 2.05) is 0 Å². The molecule has 2 aliphatic heterocycles. The quantitative estimate of drug-likeness (QED) is 0.811. The smallest absolute Gasteiger partial charge is 0.246 e. The number of carbonyl (C=O) groups excluding carboxylic acids is 1. The van der Waals surface area contributed by atoms with Crippen LogP contribution in [0.2, 0.25) is 0 Å². The molecule has 140 valence electrons. The van der Waals surface area contributed by atoms with E-state index < -0.39 is 10.0 Å². The lowest BCUT2D eigenvalue weighted by Crippen LogP contribution is -2.46. The minimum absolute atomic E-state index is 0.0849. The van der Waals surface area contributed by atoms with Crippen molar-refractivity contribution in [2.45, 2.75) is 43.6 Å². The number of hydrogen-bond donors (Lipinski definition) is 1. The summed E-state index contributed by atoms with van der Waals surface area (Å²) in [6.07, 6.45) is 4.84. The molecule has 9 heteroatoms. The molecular weight excluding hydrogens is 344 g/mol. The Kier molecular flexibility index (Phi) is 5.45. The van der Waals surface area contributed by atoms with Crippen molar-refractivity contribution < 1.29 is 17.9 Å². The Bertz CT molecular complexity index is 724. The third-order valence-electron chi connectivity index (χ3n) is 5.09. The molecule has 1 aromatic heterocycles. The Balaban J connectivity index is 1.64. The molecule has 1 amide bonds. The van der Waals surface area contributed by atoms with Crippen molar-refractivity contribution in [3.63, 3.8) is 0 Å². The van der Waals surface area contributed by atoms with Crippen LogP contribution in [0.4, 0.5) is 0 Å². The molecule has 1 N–H and O–H groups in total. The number of hydrogen-bond acceptors (Lipinski definition) is 5. The number of rotatable bonds is 5. The van der Waals surface area contributed by atoms with Crippen LogP contribution in [0.3, 0.4) is 0 Å². The molecule has 0 spiro atoms. The van der Waals surface area contributed by atoms with Crippen LogP contribution in [-0.2, 0) is 26.6 Å². The standard InChI is InChI=1S/C16H26N4O4S/c1-12-15(10-18-19(12)2)25(22,23)20-7-3-5-13(11-20)16(21)17-9-14-6-4-8-24-14/h10,13-14H,3-9,11H2,1-2H3,(H,17,21). The van der Waals surface area contributed by atoms with Crippen molar-refractivity contribution in [1.29, 1.82) is 0 Å². The summed E-state index contributed by atoms with van der Waals surface area (Å²) in [5.41, 5.74) is 0.602. The van der Waals surface area contributed by atoms with E-state index >= 15 is 0 Å². The predicted molar refractivity (Wildman–Crippen MR) is 91.4 cm³/mol. The number of aromatic nitrogens is 2. The summed E-state index contributed by atoms with van der Waals surface area (Å²) in [7, 11) is -1.91. The van der Waals surface area contributed by atoms with Gasteiger partial charge in [-0.2, -0.15) is 9.40 Å². The first-order valence-electron chi connectivity index (χ1n) is 8.77. The predicted octanol–water partition coefficient (Wildman–Crippen LogP) is 0.424. The van der Waals surface area contributed by atoms with Crippen LogP contribution in [0, 0.1) is 12.8 Å². The number of aryl methyl sites for hydroxylation is 1. The van der Waals surface area contributed by atoms with E-state index in [-0.39, 0.29) is 29.4 Å². The van der Waals surface area contributed by atoms with E-state index in [9.17, 15) is 13.2 Å². The van der Waals surface area contributed by atoms with Crippen LogP contribution in [0.25, 0.3) is 0 Å². The maximum Gasteiger partial charge on any atom is 0.246 e. The SMILES string of the molecule is Cc1c(S(=O)(=O)N2CCCC(C(=O)NCC3CCCO3)C2)cnn1C. The number of piperidine rings is 1. The van der Waals surface area contributed by atoms with Gasteiger partial charge in [-0.25, -0.2) is 8.42 Å². The molecule has 3 heterocycles. The van der Waals surface area contributed by atoms with E-state index in [1.54, 1.807) is 18.7 Å². The third-order valence-corrected chi connectivity index (χ3v) is 7.06. The van der Waals surface area contributed by atoms with E-state index in [2.05, 4.69) is 10.4 Å². The number of nitrogens with zero attached hydrogens (tertiary/aromatic N) is 3. The van der Waals surface area contributed by atoms with E-state index in [0.29, 0.717) is 31.6 Å². The maximum absolute atomic E-state index is 12.9. The topological polar surface area (TPSA) is 93.5 Å². The molecule has 1 aromatic rings. The Labute approximate surface area is 148 Å². The van der Waals surface area contributed by atoms with Gasteiger partial charge in [0.1, 0.15) is 4.90 Å². The van der Waals surface area contributed by atoms with Gasteiger partial charge in [0.15, 0.2) is 0 Å². The van der Waals surface area contributed by atoms with Gasteiger partial charge in [-0.15, -0.1) is 0 Å². The Morgan fingerprint density at radius 1 is 1.40 bits per heavy atom. The first-order chi connectivity index (χ1) is 11.9. The first kappa shape index (κ1) is 18.3. The van der Waals surface area contributed by atoms with Gasteiger partial charge in [0.25, 0.3) is 0 Å². The zero-order valence-corrected chi connectivity index (χ0v) is 15.6. The zero-order chi connectivity index (χ0) is 18.0. The molecule has 3 rings (SSSR count). The highest BCUT2D eigenvalue weighted by Crippen LogP contribution is 2.25. The second kappa shape index (κ2) is 7.43. The van der Waals surface area contributed by atoms with Crippen LogP contribution in [0.15, 0.2) is 11.1 Å². The van der Waals surface area contributed by atoms with E-state index in [1.165, 1.54) is 10.5 Å². The van der Waals surface area contributed by atoms with Crippen LogP contribution in [-0.4, -0.2) is 60.8 Å². The lowest BCUT2D eigenvalue weighted by atomic mass is 9.99. The van der Waals surface area contributed by atoms with E-state index in [0.717, 1.165) is 19.4 Å². The lowest BCUT2D eigenvalue weighted by molar-refractivity contribution is -0.126. The van der Waals surface area contributed by atoms with Crippen molar-refractivity contribution in [2.75, 3.05) is 26.2 Å². The second-order valence-electron chi connectivity index (χ2n) is 6.80. The summed E-state index contributed by atoms with van der Waals surface area (Å²) < 4.78 is 34.2. The minimum atomic E-state index is -3.62. The third kappa shape index (κ3) is 3.88. The highest BCUT2D eigenvalue weighted by molar-refractivity contribution is 7.89. The van der Waals surface area contributed by atoms with Gasteiger partial charge in [0.05, 0.1) is 23.9 Å². The lowest BCUT2D eigenvalue weighted by Gasteiger charge is -2.31. The van der Waals surface area contributed by atoms with Crippen LogP contribution in [0.1, 0.15) is 31.4 Å². The average molecular weight is 370 g/mol. The molecule has 0 bridgehead atoms. The van der Waals surface area contributed by atoms with Crippen molar-refractivity contribution in [3.8, 4) is 0 Å². The molecule has 2 unspecified atom stereocenters. The summed E-state index contributed by atoms with van der Waals surface area (Å²) in [5, 5.41) is 6.94. The highest BCUT2D eigenvalue weighted by Gasteiger charge is 2.35. The van der Waals surface area contributed by atoms with Gasteiger partial charge >= 0.3 is 0 Å². The fourth-order valence-corrected chi connectivity index (χ4v) is 5.12. The normalized spacial score (nSPS) is 25.2. The van der Waals surface area contributed by atoms with Crippen LogP contribution < -0.4 is 5.32 Å². The summed E-state index contributed by atoms with van der Waals surface area (Å²) in [5.74, 6) is -0.403. The summed E-state index contributed by atoms with van der Waals surface area (Å²) in [6.45, 7) is 3.64. The average Bonchev–Trinajstić information content (AvgIpc) is 3.24. The van der Waals surface area contributed by atoms with Crippen molar-refractivity contribution >= 4 is 15.9 Å². The van der Waals surface area contributed by atoms with Gasteiger partial charge in [0, 0.05) is 33.3 Å². The second-order valence-corrected chi connectivity index (χ2v) is 8.71. The van der Waals surface area contributed by atoms with Crippen molar-refractivity contribution in [3.05, 3.63) is 11.9 Å². The molecule has 2 saturated heterocycles. The number of nitrogens with one attached hydrogen (secondary N) is 1. The Morgan fingerprint density at radius 3 is 2.84 bits per heavy atom. The van der Waals surface area contributed by atoms with Gasteiger partial charge < -0.3 is 10.1 Å². The highest BCUT2D eigenvalue weighted by atomic mass is 32.2. The molecule has 8 nitrogen and oxygen atoms in total. The zero-order valence-electron chi connectivity index (χ0n) is 14.8. The van der Waals surface area contributed by atoms with Gasteiger partial charge in [-0.1, -0.05) is 0 Å². The fourth-order valence-electron chi connectivity index (χ4n) is 3.41. The van der Waals surface area contributed by atoms with Crippen LogP contribution >= 0.6 is 0 Å². The van der Waals surface area contributed by atoms with Crippen molar-refractivity contribution in [2.24, 2.45) is 13.0 Å². The molecule has 0 radical (unpaired) electrons. The van der Waals surface area contributed by atoms with Gasteiger partial charge in [0.2, 0.25) is 15.9 Å². The fraction of sp³-hybridized carbons (Fsp3) is 0.750. The molecular formula is C16H26N4O4S. The molecule has 2 aliphatic rings. The maximum atomic E-state index is 12.9. The number of amides is 1.